The van der Waals surface area contributed by atoms with Crippen LogP contribution in [-0.2, 0) is 22.7 Å². The van der Waals surface area contributed by atoms with E-state index in [4.69, 9.17) is 0 Å². The van der Waals surface area contributed by atoms with Crippen molar-refractivity contribution < 1.29 is 13.2 Å². The summed E-state index contributed by atoms with van der Waals surface area (Å²) in [7, 11) is -3.29. The summed E-state index contributed by atoms with van der Waals surface area (Å²) < 4.78 is 23.7. The van der Waals surface area contributed by atoms with Crippen molar-refractivity contribution in [3.63, 3.8) is 0 Å². The summed E-state index contributed by atoms with van der Waals surface area (Å²) in [6.45, 7) is 3.69. The Morgan fingerprint density at radius 1 is 1.21 bits per heavy atom. The van der Waals surface area contributed by atoms with E-state index in [-0.39, 0.29) is 23.2 Å². The molecule has 0 atom stereocenters. The van der Waals surface area contributed by atoms with E-state index in [1.165, 1.54) is 11.1 Å². The van der Waals surface area contributed by atoms with E-state index in [0.717, 1.165) is 19.3 Å². The molecule has 1 aromatic carbocycles. The lowest BCUT2D eigenvalue weighted by molar-refractivity contribution is 0.102. The maximum atomic E-state index is 12.1. The second kappa shape index (κ2) is 5.45. The number of aryl methyl sites for hydroxylation is 2. The molecule has 1 aliphatic rings. The third-order valence-electron chi connectivity index (χ3n) is 3.36. The normalized spacial score (nSPS) is 14.7. The molecule has 104 valence electrons. The van der Waals surface area contributed by atoms with Gasteiger partial charge in [0.1, 0.15) is 5.75 Å². The summed E-state index contributed by atoms with van der Waals surface area (Å²) in [6, 6.07) is 5.59. The summed E-state index contributed by atoms with van der Waals surface area (Å²) in [5.41, 5.74) is 3.03. The van der Waals surface area contributed by atoms with Gasteiger partial charge in [0.25, 0.3) is 0 Å². The Balaban J connectivity index is 2.12. The van der Waals surface area contributed by atoms with Gasteiger partial charge in [-0.05, 0) is 42.4 Å². The number of hydrogen-bond acceptors (Lipinski definition) is 3. The van der Waals surface area contributed by atoms with Crippen molar-refractivity contribution in [3.05, 3.63) is 34.9 Å². The Morgan fingerprint density at radius 2 is 1.89 bits per heavy atom. The zero-order chi connectivity index (χ0) is 14.0. The first-order chi connectivity index (χ1) is 8.87. The van der Waals surface area contributed by atoms with Gasteiger partial charge >= 0.3 is 0 Å². The van der Waals surface area contributed by atoms with Crippen molar-refractivity contribution in [2.75, 3.05) is 11.5 Å². The van der Waals surface area contributed by atoms with Crippen LogP contribution < -0.4 is 0 Å². The molecule has 3 nitrogen and oxygen atoms in total. The summed E-state index contributed by atoms with van der Waals surface area (Å²) >= 11 is 0. The van der Waals surface area contributed by atoms with Gasteiger partial charge in [0, 0.05) is 5.56 Å². The lowest BCUT2D eigenvalue weighted by atomic mass is 10.0. The van der Waals surface area contributed by atoms with Crippen LogP contribution in [0.15, 0.2) is 18.2 Å². The molecule has 0 unspecified atom stereocenters. The maximum absolute atomic E-state index is 12.1. The van der Waals surface area contributed by atoms with Crippen LogP contribution in [0.2, 0.25) is 0 Å². The van der Waals surface area contributed by atoms with Gasteiger partial charge in [0.05, 0.1) is 5.75 Å². The lowest BCUT2D eigenvalue weighted by Crippen LogP contribution is -2.21. The number of rotatable bonds is 5. The molecule has 0 fully saturated rings. The number of ketones is 1. The van der Waals surface area contributed by atoms with Gasteiger partial charge in [-0.2, -0.15) is 0 Å². The number of hydrogen-bond donors (Lipinski definition) is 0. The summed E-state index contributed by atoms with van der Waals surface area (Å²) in [4.78, 5) is 12.1. The van der Waals surface area contributed by atoms with Gasteiger partial charge in [0.2, 0.25) is 0 Å². The molecule has 0 N–H and O–H groups in total. The fourth-order valence-electron chi connectivity index (χ4n) is 2.60. The molecular weight excluding hydrogens is 260 g/mol. The Labute approximate surface area is 114 Å². The molecule has 0 spiro atoms. The van der Waals surface area contributed by atoms with E-state index < -0.39 is 9.84 Å². The maximum Gasteiger partial charge on any atom is 0.177 e. The predicted molar refractivity (Wildman–Crippen MR) is 76.3 cm³/mol. The molecule has 4 heteroatoms. The standard InChI is InChI=1S/C15H20O3S/c1-11(2)9-19(17,18)10-15(16)14-7-6-12-4-3-5-13(12)8-14/h6-8,11H,3-5,9-10H2,1-2H3. The fraction of sp³-hybridized carbons (Fsp3) is 0.533. The number of sulfone groups is 1. The highest BCUT2D eigenvalue weighted by Gasteiger charge is 2.20. The number of fused-ring (bicyclic) bond motifs is 1. The van der Waals surface area contributed by atoms with Crippen LogP contribution in [0.5, 0.6) is 0 Å². The summed E-state index contributed by atoms with van der Waals surface area (Å²) in [5.74, 6) is -0.527. The predicted octanol–water partition coefficient (Wildman–Crippen LogP) is 2.43. The molecule has 0 saturated carbocycles. The second-order valence-electron chi connectivity index (χ2n) is 5.71. The minimum atomic E-state index is -3.29. The van der Waals surface area contributed by atoms with E-state index in [1.807, 2.05) is 26.0 Å². The molecule has 0 amide bonds. The zero-order valence-corrected chi connectivity index (χ0v) is 12.3. The minimum absolute atomic E-state index is 0.0535. The van der Waals surface area contributed by atoms with E-state index >= 15 is 0 Å². The third-order valence-corrected chi connectivity index (χ3v) is 5.24. The number of benzene rings is 1. The lowest BCUT2D eigenvalue weighted by Gasteiger charge is -2.07. The average molecular weight is 280 g/mol. The third kappa shape index (κ3) is 3.66. The zero-order valence-electron chi connectivity index (χ0n) is 11.5. The SMILES string of the molecule is CC(C)CS(=O)(=O)CC(=O)c1ccc2c(c1)CCC2. The molecular formula is C15H20O3S. The van der Waals surface area contributed by atoms with E-state index in [9.17, 15) is 13.2 Å². The molecule has 1 aromatic rings. The highest BCUT2D eigenvalue weighted by molar-refractivity contribution is 7.92. The van der Waals surface area contributed by atoms with Crippen molar-refractivity contribution in [1.82, 2.24) is 0 Å². The average Bonchev–Trinajstić information content (AvgIpc) is 2.72. The van der Waals surface area contributed by atoms with Crippen LogP contribution >= 0.6 is 0 Å². The topological polar surface area (TPSA) is 51.2 Å². The number of Topliss-reactive ketones (excluding diaryl/α,β-unsaturated/α-hetero) is 1. The molecule has 0 bridgehead atoms. The Morgan fingerprint density at radius 3 is 2.58 bits per heavy atom. The van der Waals surface area contributed by atoms with Gasteiger partial charge in [-0.1, -0.05) is 26.0 Å². The van der Waals surface area contributed by atoms with Crippen molar-refractivity contribution in [2.24, 2.45) is 5.92 Å². The van der Waals surface area contributed by atoms with Crippen molar-refractivity contribution in [3.8, 4) is 0 Å². The molecule has 0 heterocycles. The van der Waals surface area contributed by atoms with Crippen LogP contribution in [0.3, 0.4) is 0 Å². The van der Waals surface area contributed by atoms with E-state index in [0.29, 0.717) is 5.56 Å². The highest BCUT2D eigenvalue weighted by atomic mass is 32.2. The van der Waals surface area contributed by atoms with E-state index in [1.54, 1.807) is 6.07 Å². The smallest absolute Gasteiger partial charge is 0.177 e. The van der Waals surface area contributed by atoms with Crippen LogP contribution in [0.1, 0.15) is 41.8 Å². The molecule has 19 heavy (non-hydrogen) atoms. The van der Waals surface area contributed by atoms with Crippen molar-refractivity contribution >= 4 is 15.6 Å². The molecule has 0 radical (unpaired) electrons. The molecule has 0 aromatic heterocycles. The summed E-state index contributed by atoms with van der Waals surface area (Å²) in [5, 5.41) is 0. The second-order valence-corrected chi connectivity index (χ2v) is 7.82. The Kier molecular flexibility index (Phi) is 4.09. The first-order valence-corrected chi connectivity index (χ1v) is 8.55. The first kappa shape index (κ1) is 14.3. The molecule has 0 aliphatic heterocycles. The van der Waals surface area contributed by atoms with Gasteiger partial charge in [-0.15, -0.1) is 0 Å². The molecule has 2 rings (SSSR count). The van der Waals surface area contributed by atoms with Crippen LogP contribution in [0, 0.1) is 5.92 Å². The quantitative estimate of drug-likeness (QED) is 0.778. The van der Waals surface area contributed by atoms with Gasteiger partial charge in [0.15, 0.2) is 15.6 Å². The van der Waals surface area contributed by atoms with Gasteiger partial charge in [-0.3, -0.25) is 4.79 Å². The van der Waals surface area contributed by atoms with Crippen molar-refractivity contribution in [2.45, 2.75) is 33.1 Å². The monoisotopic (exact) mass is 280 g/mol. The Bertz CT molecular complexity index is 585. The van der Waals surface area contributed by atoms with Crippen LogP contribution in [0.25, 0.3) is 0 Å². The number of carbonyl (C=O) groups is 1. The van der Waals surface area contributed by atoms with Crippen LogP contribution in [0.4, 0.5) is 0 Å². The minimum Gasteiger partial charge on any atom is -0.293 e. The van der Waals surface area contributed by atoms with Crippen molar-refractivity contribution in [1.29, 1.82) is 0 Å². The molecule has 0 saturated heterocycles. The summed E-state index contributed by atoms with van der Waals surface area (Å²) in [6.07, 6.45) is 3.18. The highest BCUT2D eigenvalue weighted by Crippen LogP contribution is 2.23. The van der Waals surface area contributed by atoms with Gasteiger partial charge < -0.3 is 0 Å². The van der Waals surface area contributed by atoms with E-state index in [2.05, 4.69) is 0 Å². The Hall–Kier alpha value is -1.16. The van der Waals surface area contributed by atoms with Gasteiger partial charge in [-0.25, -0.2) is 8.42 Å². The first-order valence-electron chi connectivity index (χ1n) is 6.73. The fourth-order valence-corrected chi connectivity index (χ4v) is 4.29. The van der Waals surface area contributed by atoms with Crippen LogP contribution in [-0.4, -0.2) is 25.7 Å². The largest absolute Gasteiger partial charge is 0.293 e. The molecule has 1 aliphatic carbocycles. The number of carbonyl (C=O) groups excluding carboxylic acids is 1.